The van der Waals surface area contributed by atoms with Crippen LogP contribution in [0, 0.1) is 0 Å². The molecule has 1 atom stereocenters. The monoisotopic (exact) mass is 209 g/mol. The Morgan fingerprint density at radius 1 is 1.50 bits per heavy atom. The summed E-state index contributed by atoms with van der Waals surface area (Å²) in [5, 5.41) is 8.43. The zero-order valence-electron chi connectivity index (χ0n) is 6.71. The van der Waals surface area contributed by atoms with Crippen molar-refractivity contribution in [2.24, 2.45) is 5.73 Å². The molecule has 0 saturated heterocycles. The summed E-state index contributed by atoms with van der Waals surface area (Å²) in [6.07, 6.45) is -4.19. The Morgan fingerprint density at radius 2 is 2.07 bits per heavy atom. The molecule has 1 aromatic rings. The summed E-state index contributed by atoms with van der Waals surface area (Å²) in [4.78, 5) is 10.5. The largest absolute Gasteiger partial charge is 0.479 e. The summed E-state index contributed by atoms with van der Waals surface area (Å²) in [5.74, 6) is -3.06. The van der Waals surface area contributed by atoms with Gasteiger partial charge in [-0.05, 0) is 12.1 Å². The van der Waals surface area contributed by atoms with E-state index >= 15 is 0 Å². The Bertz CT molecular complexity index is 332. The first-order valence-corrected chi connectivity index (χ1v) is 3.43. The molecule has 0 spiro atoms. The quantitative estimate of drug-likeness (QED) is 0.764. The first kappa shape index (κ1) is 10.6. The maximum Gasteiger partial charge on any atom is 0.424 e. The van der Waals surface area contributed by atoms with Gasteiger partial charge in [-0.3, -0.25) is 0 Å². The number of rotatable bonds is 2. The Balaban J connectivity index is 3.27. The number of carboxylic acids is 1. The third-order valence-electron chi connectivity index (χ3n) is 1.69. The summed E-state index contributed by atoms with van der Waals surface area (Å²) >= 11 is 0. The number of furan rings is 1. The molecule has 0 aliphatic heterocycles. The molecule has 0 fully saturated rings. The van der Waals surface area contributed by atoms with Crippen LogP contribution in [0.25, 0.3) is 0 Å². The SMILES string of the molecule is NC(C(=O)O)(c1ccco1)C(F)(F)F. The van der Waals surface area contributed by atoms with Gasteiger partial charge in [0.2, 0.25) is 0 Å². The van der Waals surface area contributed by atoms with Crippen molar-refractivity contribution in [1.82, 2.24) is 0 Å². The molecule has 0 aliphatic rings. The number of carbonyl (C=O) groups is 1. The molecule has 1 unspecified atom stereocenters. The molecule has 4 nitrogen and oxygen atoms in total. The van der Waals surface area contributed by atoms with Crippen LogP contribution in [0.5, 0.6) is 0 Å². The first-order chi connectivity index (χ1) is 6.30. The predicted octanol–water partition coefficient (Wildman–Crippen LogP) is 1.08. The lowest BCUT2D eigenvalue weighted by molar-refractivity contribution is -0.208. The lowest BCUT2D eigenvalue weighted by Crippen LogP contribution is -2.56. The lowest BCUT2D eigenvalue weighted by Gasteiger charge is -2.24. The second-order valence-electron chi connectivity index (χ2n) is 2.59. The highest BCUT2D eigenvalue weighted by molar-refractivity contribution is 5.80. The predicted molar refractivity (Wildman–Crippen MR) is 38.3 cm³/mol. The second-order valence-corrected chi connectivity index (χ2v) is 2.59. The highest BCUT2D eigenvalue weighted by Crippen LogP contribution is 2.37. The second kappa shape index (κ2) is 3.02. The van der Waals surface area contributed by atoms with E-state index in [4.69, 9.17) is 10.8 Å². The van der Waals surface area contributed by atoms with Crippen molar-refractivity contribution in [3.05, 3.63) is 24.2 Å². The van der Waals surface area contributed by atoms with Gasteiger partial charge in [0.1, 0.15) is 5.76 Å². The fourth-order valence-electron chi connectivity index (χ4n) is 0.869. The van der Waals surface area contributed by atoms with E-state index in [1.54, 1.807) is 0 Å². The molecule has 78 valence electrons. The summed E-state index contributed by atoms with van der Waals surface area (Å²) < 4.78 is 41.4. The van der Waals surface area contributed by atoms with Crippen molar-refractivity contribution in [1.29, 1.82) is 0 Å². The molecule has 0 bridgehead atoms. The zero-order chi connectivity index (χ0) is 11.0. The van der Waals surface area contributed by atoms with Gasteiger partial charge < -0.3 is 15.3 Å². The van der Waals surface area contributed by atoms with Gasteiger partial charge in [0.05, 0.1) is 6.26 Å². The van der Waals surface area contributed by atoms with Crippen LogP contribution < -0.4 is 5.73 Å². The van der Waals surface area contributed by atoms with E-state index < -0.39 is 23.4 Å². The number of nitrogens with two attached hydrogens (primary N) is 1. The highest BCUT2D eigenvalue weighted by Gasteiger charge is 2.61. The lowest BCUT2D eigenvalue weighted by atomic mass is 9.97. The fraction of sp³-hybridized carbons (Fsp3) is 0.286. The van der Waals surface area contributed by atoms with Gasteiger partial charge in [0.25, 0.3) is 5.54 Å². The molecule has 1 rings (SSSR count). The van der Waals surface area contributed by atoms with Crippen LogP contribution in [-0.2, 0) is 10.3 Å². The summed E-state index contributed by atoms with van der Waals surface area (Å²) in [6, 6.07) is 1.99. The molecule has 0 radical (unpaired) electrons. The molecule has 1 aromatic heterocycles. The first-order valence-electron chi connectivity index (χ1n) is 3.43. The Kier molecular flexibility index (Phi) is 2.28. The van der Waals surface area contributed by atoms with Crippen LogP contribution in [0.1, 0.15) is 5.76 Å². The Hall–Kier alpha value is -1.50. The Morgan fingerprint density at radius 3 is 2.36 bits per heavy atom. The molecule has 1 heterocycles. The molecule has 3 N–H and O–H groups in total. The van der Waals surface area contributed by atoms with E-state index in [0.29, 0.717) is 0 Å². The Labute approximate surface area is 76.1 Å². The molecule has 0 aromatic carbocycles. The molecular weight excluding hydrogens is 203 g/mol. The van der Waals surface area contributed by atoms with E-state index in [-0.39, 0.29) is 0 Å². The number of aliphatic carboxylic acids is 1. The standard InChI is InChI=1S/C7H6F3NO3/c8-7(9,10)6(11,5(12)13)4-2-1-3-14-4/h1-3H,11H2,(H,12,13). The topological polar surface area (TPSA) is 76.5 Å². The van der Waals surface area contributed by atoms with Crippen LogP contribution in [-0.4, -0.2) is 17.3 Å². The molecule has 0 aliphatic carbocycles. The molecule has 14 heavy (non-hydrogen) atoms. The number of alkyl halides is 3. The van der Waals surface area contributed by atoms with Gasteiger partial charge >= 0.3 is 12.1 Å². The van der Waals surface area contributed by atoms with E-state index in [0.717, 1.165) is 18.4 Å². The van der Waals surface area contributed by atoms with Crippen molar-refractivity contribution in [3.8, 4) is 0 Å². The van der Waals surface area contributed by atoms with E-state index in [1.807, 2.05) is 0 Å². The minimum absolute atomic E-state index is 0.850. The smallest absolute Gasteiger partial charge is 0.424 e. The number of hydrogen-bond donors (Lipinski definition) is 2. The fourth-order valence-corrected chi connectivity index (χ4v) is 0.869. The summed E-state index contributed by atoms with van der Waals surface area (Å²) in [5.41, 5.74) is 1.28. The number of carboxylic acid groups (broad SMARTS) is 1. The van der Waals surface area contributed by atoms with Crippen LogP contribution in [0.15, 0.2) is 22.8 Å². The molecule has 0 saturated carbocycles. The van der Waals surface area contributed by atoms with Gasteiger partial charge in [-0.1, -0.05) is 0 Å². The minimum atomic E-state index is -5.11. The maximum absolute atomic E-state index is 12.4. The highest BCUT2D eigenvalue weighted by atomic mass is 19.4. The average Bonchev–Trinajstić information content (AvgIpc) is 2.52. The summed E-state index contributed by atoms with van der Waals surface area (Å²) in [6.45, 7) is 0. The van der Waals surface area contributed by atoms with Crippen molar-refractivity contribution >= 4 is 5.97 Å². The van der Waals surface area contributed by atoms with Crippen LogP contribution in [0.2, 0.25) is 0 Å². The number of halogens is 3. The van der Waals surface area contributed by atoms with Gasteiger partial charge in [0, 0.05) is 0 Å². The van der Waals surface area contributed by atoms with Crippen LogP contribution in [0.3, 0.4) is 0 Å². The normalized spacial score (nSPS) is 16.3. The van der Waals surface area contributed by atoms with Gasteiger partial charge in [0.15, 0.2) is 0 Å². The zero-order valence-corrected chi connectivity index (χ0v) is 6.71. The number of hydrogen-bond acceptors (Lipinski definition) is 3. The van der Waals surface area contributed by atoms with Crippen molar-refractivity contribution in [3.63, 3.8) is 0 Å². The van der Waals surface area contributed by atoms with Crippen molar-refractivity contribution in [2.75, 3.05) is 0 Å². The van der Waals surface area contributed by atoms with Crippen LogP contribution >= 0.6 is 0 Å². The van der Waals surface area contributed by atoms with Crippen molar-refractivity contribution < 1.29 is 27.5 Å². The van der Waals surface area contributed by atoms with Crippen molar-refractivity contribution in [2.45, 2.75) is 11.7 Å². The molecule has 7 heteroatoms. The molecular formula is C7H6F3NO3. The van der Waals surface area contributed by atoms with Gasteiger partial charge in [-0.15, -0.1) is 0 Å². The van der Waals surface area contributed by atoms with E-state index in [9.17, 15) is 18.0 Å². The van der Waals surface area contributed by atoms with E-state index in [1.165, 1.54) is 0 Å². The summed E-state index contributed by atoms with van der Waals surface area (Å²) in [7, 11) is 0. The minimum Gasteiger partial charge on any atom is -0.479 e. The van der Waals surface area contributed by atoms with E-state index in [2.05, 4.69) is 4.42 Å². The van der Waals surface area contributed by atoms with Gasteiger partial charge in [-0.2, -0.15) is 13.2 Å². The third-order valence-corrected chi connectivity index (χ3v) is 1.69. The average molecular weight is 209 g/mol. The van der Waals surface area contributed by atoms with Gasteiger partial charge in [-0.25, -0.2) is 4.79 Å². The maximum atomic E-state index is 12.4. The third kappa shape index (κ3) is 1.35. The molecule has 0 amide bonds. The van der Waals surface area contributed by atoms with Crippen LogP contribution in [0.4, 0.5) is 13.2 Å².